The van der Waals surface area contributed by atoms with Crippen LogP contribution < -0.4 is 4.90 Å². The summed E-state index contributed by atoms with van der Waals surface area (Å²) in [6, 6.07) is 18.0. The van der Waals surface area contributed by atoms with Gasteiger partial charge in [0.15, 0.2) is 0 Å². The average Bonchev–Trinajstić information content (AvgIpc) is 2.73. The third-order valence-electron chi connectivity index (χ3n) is 4.93. The molecule has 0 spiro atoms. The van der Waals surface area contributed by atoms with Crippen LogP contribution in [0.5, 0.6) is 0 Å². The van der Waals surface area contributed by atoms with Crippen molar-refractivity contribution in [2.75, 3.05) is 25.0 Å². The zero-order chi connectivity index (χ0) is 21.2. The van der Waals surface area contributed by atoms with Crippen LogP contribution in [0.3, 0.4) is 0 Å². The summed E-state index contributed by atoms with van der Waals surface area (Å²) < 4.78 is 27.1. The third-order valence-corrected chi connectivity index (χ3v) is 7.46. The SMILES string of the molecule is CCN(CC)S(=O)(=O)c1cc(C(=O)N(C)c2ccc3ccccc3c2)ccc1Cl. The van der Waals surface area contributed by atoms with Crippen LogP contribution in [-0.4, -0.2) is 38.8 Å². The van der Waals surface area contributed by atoms with E-state index >= 15 is 0 Å². The Morgan fingerprint density at radius 2 is 1.59 bits per heavy atom. The maximum absolute atomic E-state index is 13.1. The molecule has 0 radical (unpaired) electrons. The molecule has 7 heteroatoms. The zero-order valence-corrected chi connectivity index (χ0v) is 18.2. The molecule has 0 atom stereocenters. The Morgan fingerprint density at radius 1 is 0.931 bits per heavy atom. The first kappa shape index (κ1) is 21.3. The number of carbonyl (C=O) groups is 1. The Kier molecular flexibility index (Phi) is 6.27. The van der Waals surface area contributed by atoms with Crippen LogP contribution in [0.15, 0.2) is 65.6 Å². The maximum Gasteiger partial charge on any atom is 0.258 e. The van der Waals surface area contributed by atoms with Gasteiger partial charge in [-0.15, -0.1) is 0 Å². The number of anilines is 1. The number of amides is 1. The van der Waals surface area contributed by atoms with E-state index in [9.17, 15) is 13.2 Å². The second-order valence-corrected chi connectivity index (χ2v) is 8.94. The highest BCUT2D eigenvalue weighted by atomic mass is 35.5. The molecule has 29 heavy (non-hydrogen) atoms. The first-order valence-corrected chi connectivity index (χ1v) is 11.2. The van der Waals surface area contributed by atoms with Gasteiger partial charge >= 0.3 is 0 Å². The van der Waals surface area contributed by atoms with Gasteiger partial charge in [0, 0.05) is 31.4 Å². The highest BCUT2D eigenvalue weighted by Crippen LogP contribution is 2.28. The quantitative estimate of drug-likeness (QED) is 0.564. The Hall–Kier alpha value is -2.41. The molecule has 3 aromatic carbocycles. The summed E-state index contributed by atoms with van der Waals surface area (Å²) in [6.45, 7) is 4.17. The number of sulfonamides is 1. The first-order valence-electron chi connectivity index (χ1n) is 9.36. The molecule has 3 rings (SSSR count). The van der Waals surface area contributed by atoms with E-state index in [1.165, 1.54) is 21.3 Å². The number of nitrogens with zero attached hydrogens (tertiary/aromatic N) is 2. The summed E-state index contributed by atoms with van der Waals surface area (Å²) in [5, 5.41) is 2.20. The van der Waals surface area contributed by atoms with Gasteiger partial charge in [0.25, 0.3) is 5.91 Å². The van der Waals surface area contributed by atoms with E-state index in [4.69, 9.17) is 11.6 Å². The van der Waals surface area contributed by atoms with E-state index in [-0.39, 0.29) is 21.4 Å². The topological polar surface area (TPSA) is 57.7 Å². The number of fused-ring (bicyclic) bond motifs is 1. The molecule has 152 valence electrons. The van der Waals surface area contributed by atoms with E-state index in [1.807, 2.05) is 42.5 Å². The van der Waals surface area contributed by atoms with Crippen LogP contribution in [0.4, 0.5) is 5.69 Å². The van der Waals surface area contributed by atoms with E-state index in [0.717, 1.165) is 16.5 Å². The zero-order valence-electron chi connectivity index (χ0n) is 16.6. The second kappa shape index (κ2) is 8.53. The van der Waals surface area contributed by atoms with Gasteiger partial charge in [-0.3, -0.25) is 4.79 Å². The van der Waals surface area contributed by atoms with E-state index < -0.39 is 10.0 Å². The van der Waals surface area contributed by atoms with Crippen molar-refractivity contribution in [1.82, 2.24) is 4.31 Å². The van der Waals surface area contributed by atoms with Crippen molar-refractivity contribution < 1.29 is 13.2 Å². The molecule has 0 heterocycles. The van der Waals surface area contributed by atoms with Crippen molar-refractivity contribution in [2.45, 2.75) is 18.7 Å². The maximum atomic E-state index is 13.1. The van der Waals surface area contributed by atoms with Crippen LogP contribution >= 0.6 is 11.6 Å². The minimum absolute atomic E-state index is 0.0550. The van der Waals surface area contributed by atoms with E-state index in [0.29, 0.717) is 13.1 Å². The fourth-order valence-corrected chi connectivity index (χ4v) is 5.19. The fourth-order valence-electron chi connectivity index (χ4n) is 3.23. The van der Waals surface area contributed by atoms with Gasteiger partial charge in [0.05, 0.1) is 5.02 Å². The molecule has 0 N–H and O–H groups in total. The molecule has 0 unspecified atom stereocenters. The second-order valence-electron chi connectivity index (χ2n) is 6.63. The van der Waals surface area contributed by atoms with Gasteiger partial charge in [-0.2, -0.15) is 4.31 Å². The van der Waals surface area contributed by atoms with Crippen molar-refractivity contribution in [3.63, 3.8) is 0 Å². The minimum Gasteiger partial charge on any atom is -0.311 e. The molecule has 1 amide bonds. The minimum atomic E-state index is -3.78. The summed E-state index contributed by atoms with van der Waals surface area (Å²) in [5.74, 6) is -0.312. The fraction of sp³-hybridized carbons (Fsp3) is 0.227. The number of halogens is 1. The lowest BCUT2D eigenvalue weighted by atomic mass is 10.1. The normalized spacial score (nSPS) is 11.8. The summed E-state index contributed by atoms with van der Waals surface area (Å²) >= 11 is 6.17. The molecule has 0 saturated heterocycles. The lowest BCUT2D eigenvalue weighted by molar-refractivity contribution is 0.0993. The lowest BCUT2D eigenvalue weighted by Crippen LogP contribution is -2.31. The molecular weight excluding hydrogens is 408 g/mol. The molecular formula is C22H23ClN2O3S. The number of hydrogen-bond donors (Lipinski definition) is 0. The van der Waals surface area contributed by atoms with E-state index in [1.54, 1.807) is 27.0 Å². The summed E-state index contributed by atoms with van der Waals surface area (Å²) in [4.78, 5) is 14.5. The molecule has 0 bridgehead atoms. The lowest BCUT2D eigenvalue weighted by Gasteiger charge is -2.21. The van der Waals surface area contributed by atoms with Crippen molar-refractivity contribution in [2.24, 2.45) is 0 Å². The Bertz CT molecular complexity index is 1160. The summed E-state index contributed by atoms with van der Waals surface area (Å²) in [5.41, 5.74) is 0.979. The Labute approximate surface area is 176 Å². The number of carbonyl (C=O) groups excluding carboxylic acids is 1. The highest BCUT2D eigenvalue weighted by molar-refractivity contribution is 7.89. The molecule has 0 saturated carbocycles. The van der Waals surface area contributed by atoms with Crippen molar-refractivity contribution >= 4 is 44.0 Å². The molecule has 0 aliphatic carbocycles. The first-order chi connectivity index (χ1) is 13.8. The van der Waals surface area contributed by atoms with Gasteiger partial charge in [0.2, 0.25) is 10.0 Å². The largest absolute Gasteiger partial charge is 0.311 e. The number of hydrogen-bond acceptors (Lipinski definition) is 3. The van der Waals surface area contributed by atoms with Crippen LogP contribution in [0.25, 0.3) is 10.8 Å². The molecule has 0 fully saturated rings. The Balaban J connectivity index is 1.98. The third kappa shape index (κ3) is 4.15. The number of rotatable bonds is 6. The summed E-state index contributed by atoms with van der Waals surface area (Å²) in [6.07, 6.45) is 0. The van der Waals surface area contributed by atoms with Crippen LogP contribution in [0.2, 0.25) is 5.02 Å². The predicted octanol–water partition coefficient (Wildman–Crippen LogP) is 4.80. The average molecular weight is 431 g/mol. The monoisotopic (exact) mass is 430 g/mol. The van der Waals surface area contributed by atoms with Crippen LogP contribution in [0, 0.1) is 0 Å². The van der Waals surface area contributed by atoms with Gasteiger partial charge in [-0.1, -0.05) is 55.8 Å². The van der Waals surface area contributed by atoms with E-state index in [2.05, 4.69) is 0 Å². The molecule has 0 aromatic heterocycles. The standard InChI is InChI=1S/C22H23ClN2O3S/c1-4-25(5-2)29(27,28)21-15-18(11-13-20(21)23)22(26)24(3)19-12-10-16-8-6-7-9-17(16)14-19/h6-15H,4-5H2,1-3H3. The Morgan fingerprint density at radius 3 is 2.24 bits per heavy atom. The van der Waals surface area contributed by atoms with Crippen LogP contribution in [-0.2, 0) is 10.0 Å². The van der Waals surface area contributed by atoms with Gasteiger partial charge in [-0.05, 0) is 41.1 Å². The summed E-state index contributed by atoms with van der Waals surface area (Å²) in [7, 11) is -2.11. The number of benzene rings is 3. The molecule has 5 nitrogen and oxygen atoms in total. The van der Waals surface area contributed by atoms with Gasteiger partial charge in [-0.25, -0.2) is 8.42 Å². The van der Waals surface area contributed by atoms with Gasteiger partial charge in [0.1, 0.15) is 4.90 Å². The van der Waals surface area contributed by atoms with Crippen molar-refractivity contribution in [3.8, 4) is 0 Å². The molecule has 0 aliphatic heterocycles. The van der Waals surface area contributed by atoms with Crippen molar-refractivity contribution in [1.29, 1.82) is 0 Å². The predicted molar refractivity (Wildman–Crippen MR) is 118 cm³/mol. The highest BCUT2D eigenvalue weighted by Gasteiger charge is 2.26. The van der Waals surface area contributed by atoms with Crippen molar-refractivity contribution in [3.05, 3.63) is 71.2 Å². The van der Waals surface area contributed by atoms with Crippen LogP contribution in [0.1, 0.15) is 24.2 Å². The van der Waals surface area contributed by atoms with Gasteiger partial charge < -0.3 is 4.90 Å². The molecule has 0 aliphatic rings. The smallest absolute Gasteiger partial charge is 0.258 e. The molecule has 3 aromatic rings.